The minimum absolute atomic E-state index is 0.110. The highest BCUT2D eigenvalue weighted by atomic mass is 19.1. The van der Waals surface area contributed by atoms with Gasteiger partial charge in [-0.2, -0.15) is 0 Å². The molecule has 1 aliphatic heterocycles. The van der Waals surface area contributed by atoms with E-state index in [1.165, 1.54) is 31.4 Å². The van der Waals surface area contributed by atoms with Crippen LogP contribution in [0.15, 0.2) is 24.3 Å². The normalized spacial score (nSPS) is 19.8. The van der Waals surface area contributed by atoms with Gasteiger partial charge in [-0.25, -0.2) is 4.39 Å². The first-order chi connectivity index (χ1) is 9.19. The van der Waals surface area contributed by atoms with E-state index in [1.54, 1.807) is 12.1 Å². The van der Waals surface area contributed by atoms with Crippen molar-refractivity contribution in [2.45, 2.75) is 32.6 Å². The van der Waals surface area contributed by atoms with Crippen molar-refractivity contribution in [2.75, 3.05) is 19.6 Å². The molecule has 104 valence electrons. The molecule has 1 atom stereocenters. The maximum absolute atomic E-state index is 12.8. The fourth-order valence-corrected chi connectivity index (χ4v) is 2.80. The number of halogens is 1. The molecule has 0 radical (unpaired) electrons. The van der Waals surface area contributed by atoms with Gasteiger partial charge in [0.05, 0.1) is 0 Å². The minimum Gasteiger partial charge on any atom is -0.303 e. The molecule has 1 saturated heterocycles. The Balaban J connectivity index is 1.76. The molecule has 1 aromatic carbocycles. The van der Waals surface area contributed by atoms with Crippen LogP contribution in [0.1, 0.15) is 43.0 Å². The molecule has 0 aromatic heterocycles. The third kappa shape index (κ3) is 4.13. The van der Waals surface area contributed by atoms with Gasteiger partial charge in [-0.05, 0) is 49.6 Å². The van der Waals surface area contributed by atoms with Crippen molar-refractivity contribution in [3.63, 3.8) is 0 Å². The SMILES string of the molecule is CCCC1CCN(CCC(=O)c2ccc(F)cc2)C1. The average molecular weight is 263 g/mol. The second-order valence-corrected chi connectivity index (χ2v) is 5.42. The number of carbonyl (C=O) groups excluding carboxylic acids is 1. The largest absolute Gasteiger partial charge is 0.303 e. The monoisotopic (exact) mass is 263 g/mol. The smallest absolute Gasteiger partial charge is 0.164 e. The molecule has 3 heteroatoms. The van der Waals surface area contributed by atoms with Gasteiger partial charge in [0, 0.05) is 25.1 Å². The first-order valence-corrected chi connectivity index (χ1v) is 7.20. The van der Waals surface area contributed by atoms with Crippen LogP contribution in [-0.4, -0.2) is 30.3 Å². The zero-order chi connectivity index (χ0) is 13.7. The maximum atomic E-state index is 12.8. The summed E-state index contributed by atoms with van der Waals surface area (Å²) in [6.07, 6.45) is 4.33. The van der Waals surface area contributed by atoms with Gasteiger partial charge in [-0.1, -0.05) is 13.3 Å². The van der Waals surface area contributed by atoms with E-state index in [-0.39, 0.29) is 11.6 Å². The number of carbonyl (C=O) groups is 1. The zero-order valence-electron chi connectivity index (χ0n) is 11.6. The number of hydrogen-bond acceptors (Lipinski definition) is 2. The van der Waals surface area contributed by atoms with E-state index < -0.39 is 0 Å². The van der Waals surface area contributed by atoms with Gasteiger partial charge in [-0.15, -0.1) is 0 Å². The first-order valence-electron chi connectivity index (χ1n) is 7.20. The number of ketones is 1. The van der Waals surface area contributed by atoms with Crippen molar-refractivity contribution in [1.29, 1.82) is 0 Å². The van der Waals surface area contributed by atoms with Crippen LogP contribution in [-0.2, 0) is 0 Å². The summed E-state index contributed by atoms with van der Waals surface area (Å²) in [4.78, 5) is 14.3. The third-order valence-corrected chi connectivity index (χ3v) is 3.89. The molecule has 0 aliphatic carbocycles. The quantitative estimate of drug-likeness (QED) is 0.732. The predicted molar refractivity (Wildman–Crippen MR) is 74.8 cm³/mol. The molecular formula is C16H22FNO. The van der Waals surface area contributed by atoms with Gasteiger partial charge in [-0.3, -0.25) is 4.79 Å². The lowest BCUT2D eigenvalue weighted by atomic mass is 10.0. The van der Waals surface area contributed by atoms with Gasteiger partial charge < -0.3 is 4.90 Å². The Morgan fingerprint density at radius 1 is 1.37 bits per heavy atom. The molecule has 2 rings (SSSR count). The standard InChI is InChI=1S/C16H22FNO/c1-2-3-13-8-10-18(12-13)11-9-16(19)14-4-6-15(17)7-5-14/h4-7,13H,2-3,8-12H2,1H3. The molecule has 1 aromatic rings. The Kier molecular flexibility index (Phi) is 5.08. The summed E-state index contributed by atoms with van der Waals surface area (Å²) in [5.74, 6) is 0.628. The zero-order valence-corrected chi connectivity index (χ0v) is 11.6. The summed E-state index contributed by atoms with van der Waals surface area (Å²) in [7, 11) is 0. The van der Waals surface area contributed by atoms with E-state index in [4.69, 9.17) is 0 Å². The van der Waals surface area contributed by atoms with Crippen LogP contribution in [0, 0.1) is 11.7 Å². The minimum atomic E-state index is -0.293. The molecule has 0 N–H and O–H groups in total. The van der Waals surface area contributed by atoms with E-state index in [0.29, 0.717) is 12.0 Å². The van der Waals surface area contributed by atoms with E-state index in [1.807, 2.05) is 0 Å². The summed E-state index contributed by atoms with van der Waals surface area (Å²) >= 11 is 0. The number of benzene rings is 1. The Morgan fingerprint density at radius 3 is 2.79 bits per heavy atom. The molecule has 1 unspecified atom stereocenters. The number of nitrogens with zero attached hydrogens (tertiary/aromatic N) is 1. The van der Waals surface area contributed by atoms with Crippen LogP contribution in [0.4, 0.5) is 4.39 Å². The van der Waals surface area contributed by atoms with Crippen LogP contribution >= 0.6 is 0 Å². The highest BCUT2D eigenvalue weighted by Crippen LogP contribution is 2.21. The summed E-state index contributed by atoms with van der Waals surface area (Å²) in [5.41, 5.74) is 0.616. The molecule has 19 heavy (non-hydrogen) atoms. The summed E-state index contributed by atoms with van der Waals surface area (Å²) < 4.78 is 12.8. The number of rotatable bonds is 6. The summed E-state index contributed by atoms with van der Waals surface area (Å²) in [5, 5.41) is 0. The van der Waals surface area contributed by atoms with Crippen molar-refractivity contribution >= 4 is 5.78 Å². The average Bonchev–Trinajstić information content (AvgIpc) is 2.85. The van der Waals surface area contributed by atoms with Crippen LogP contribution < -0.4 is 0 Å². The van der Waals surface area contributed by atoms with Crippen LogP contribution in [0.25, 0.3) is 0 Å². The van der Waals surface area contributed by atoms with Crippen molar-refractivity contribution in [1.82, 2.24) is 4.90 Å². The van der Waals surface area contributed by atoms with Crippen LogP contribution in [0.3, 0.4) is 0 Å². The van der Waals surface area contributed by atoms with Gasteiger partial charge in [0.25, 0.3) is 0 Å². The second kappa shape index (κ2) is 6.80. The Bertz CT molecular complexity index is 415. The molecule has 1 aliphatic rings. The van der Waals surface area contributed by atoms with Crippen molar-refractivity contribution in [2.24, 2.45) is 5.92 Å². The fourth-order valence-electron chi connectivity index (χ4n) is 2.80. The third-order valence-electron chi connectivity index (χ3n) is 3.89. The van der Waals surface area contributed by atoms with Gasteiger partial charge in [0.15, 0.2) is 5.78 Å². The summed E-state index contributed by atoms with van der Waals surface area (Å²) in [6.45, 7) is 5.29. The van der Waals surface area contributed by atoms with Crippen molar-refractivity contribution in [3.8, 4) is 0 Å². The lowest BCUT2D eigenvalue weighted by Crippen LogP contribution is -2.24. The summed E-state index contributed by atoms with van der Waals surface area (Å²) in [6, 6.07) is 5.84. The number of hydrogen-bond donors (Lipinski definition) is 0. The van der Waals surface area contributed by atoms with Crippen molar-refractivity contribution < 1.29 is 9.18 Å². The number of likely N-dealkylation sites (tertiary alicyclic amines) is 1. The Labute approximate surface area is 114 Å². The molecule has 1 fully saturated rings. The highest BCUT2D eigenvalue weighted by molar-refractivity contribution is 5.96. The molecular weight excluding hydrogens is 241 g/mol. The van der Waals surface area contributed by atoms with E-state index >= 15 is 0 Å². The lowest BCUT2D eigenvalue weighted by molar-refractivity contribution is 0.0968. The van der Waals surface area contributed by atoms with E-state index in [2.05, 4.69) is 11.8 Å². The first kappa shape index (κ1) is 14.2. The molecule has 2 nitrogen and oxygen atoms in total. The van der Waals surface area contributed by atoms with E-state index in [9.17, 15) is 9.18 Å². The lowest BCUT2D eigenvalue weighted by Gasteiger charge is -2.15. The van der Waals surface area contributed by atoms with E-state index in [0.717, 1.165) is 25.6 Å². The molecule has 0 spiro atoms. The highest BCUT2D eigenvalue weighted by Gasteiger charge is 2.21. The number of Topliss-reactive ketones (excluding diaryl/α,β-unsaturated/α-hetero) is 1. The molecule has 0 saturated carbocycles. The van der Waals surface area contributed by atoms with Crippen LogP contribution in [0.5, 0.6) is 0 Å². The van der Waals surface area contributed by atoms with Crippen LogP contribution in [0.2, 0.25) is 0 Å². The Morgan fingerprint density at radius 2 is 2.11 bits per heavy atom. The van der Waals surface area contributed by atoms with Gasteiger partial charge in [0.2, 0.25) is 0 Å². The Hall–Kier alpha value is -1.22. The van der Waals surface area contributed by atoms with Gasteiger partial charge in [0.1, 0.15) is 5.82 Å². The molecule has 1 heterocycles. The maximum Gasteiger partial charge on any atom is 0.164 e. The predicted octanol–water partition coefficient (Wildman–Crippen LogP) is 3.52. The second-order valence-electron chi connectivity index (χ2n) is 5.42. The van der Waals surface area contributed by atoms with Gasteiger partial charge >= 0.3 is 0 Å². The fraction of sp³-hybridized carbons (Fsp3) is 0.562. The van der Waals surface area contributed by atoms with Crippen molar-refractivity contribution in [3.05, 3.63) is 35.6 Å². The molecule has 0 amide bonds. The molecule has 0 bridgehead atoms. The topological polar surface area (TPSA) is 20.3 Å².